The predicted octanol–water partition coefficient (Wildman–Crippen LogP) is 0.868. The first-order valence-electron chi connectivity index (χ1n) is 4.57. The molecule has 0 aliphatic rings. The summed E-state index contributed by atoms with van der Waals surface area (Å²) in [6.07, 6.45) is -0.925. The van der Waals surface area contributed by atoms with Gasteiger partial charge < -0.3 is 19.3 Å². The fourth-order valence-corrected chi connectivity index (χ4v) is 2.85. The van der Waals surface area contributed by atoms with E-state index in [1.54, 1.807) is 13.8 Å². The van der Waals surface area contributed by atoms with E-state index in [9.17, 15) is 19.1 Å². The predicted molar refractivity (Wildman–Crippen MR) is 53.3 cm³/mol. The Morgan fingerprint density at radius 1 is 1.40 bits per heavy atom. The van der Waals surface area contributed by atoms with Gasteiger partial charge in [-0.25, -0.2) is 0 Å². The normalized spacial score (nSPS) is 14.7. The second-order valence-corrected chi connectivity index (χ2v) is 5.13. The average Bonchev–Trinajstić information content (AvgIpc) is 2.16. The van der Waals surface area contributed by atoms with E-state index >= 15 is 0 Å². The Labute approximate surface area is 88.7 Å². The number of rotatable bonds is 7. The molecule has 0 amide bonds. The highest BCUT2D eigenvalue weighted by Crippen LogP contribution is 2.57. The molecule has 2 N–H and O–H groups in total. The van der Waals surface area contributed by atoms with Crippen LogP contribution in [0.5, 0.6) is 0 Å². The first-order valence-corrected chi connectivity index (χ1v) is 6.18. The van der Waals surface area contributed by atoms with Gasteiger partial charge in [-0.05, 0) is 12.8 Å². The topological polar surface area (TPSA) is 93.1 Å². The molecule has 0 saturated heterocycles. The van der Waals surface area contributed by atoms with Gasteiger partial charge in [0, 0.05) is 7.11 Å². The molecule has 7 heteroatoms. The zero-order valence-electron chi connectivity index (χ0n) is 9.04. The van der Waals surface area contributed by atoms with Gasteiger partial charge in [-0.15, -0.1) is 0 Å². The highest BCUT2D eigenvalue weighted by atomic mass is 31.2. The third kappa shape index (κ3) is 2.78. The molecule has 0 spiro atoms. The van der Waals surface area contributed by atoms with Crippen LogP contribution in [0, 0.1) is 0 Å². The Balaban J connectivity index is 5.23. The maximum Gasteiger partial charge on any atom is 0.337 e. The monoisotopic (exact) mass is 240 g/mol. The van der Waals surface area contributed by atoms with E-state index in [1.165, 1.54) is 7.11 Å². The van der Waals surface area contributed by atoms with Crippen LogP contribution in [0.4, 0.5) is 0 Å². The van der Waals surface area contributed by atoms with Crippen LogP contribution in [0.3, 0.4) is 0 Å². The number of carbonyl (C=O) groups is 1. The molecule has 15 heavy (non-hydrogen) atoms. The molecule has 0 heterocycles. The Morgan fingerprint density at radius 3 is 2.07 bits per heavy atom. The molecule has 90 valence electrons. The highest BCUT2D eigenvalue weighted by Gasteiger charge is 2.52. The second-order valence-electron chi connectivity index (χ2n) is 3.15. The van der Waals surface area contributed by atoms with E-state index in [0.717, 1.165) is 0 Å². The number of methoxy groups -OCH3 is 1. The summed E-state index contributed by atoms with van der Waals surface area (Å²) >= 11 is 0. The Hall–Kier alpha value is -0.420. The Kier molecular flexibility index (Phi) is 5.45. The number of hydrogen-bond acceptors (Lipinski definition) is 4. The van der Waals surface area contributed by atoms with Crippen molar-refractivity contribution in [1.29, 1.82) is 0 Å². The van der Waals surface area contributed by atoms with Crippen molar-refractivity contribution in [3.05, 3.63) is 0 Å². The van der Waals surface area contributed by atoms with Crippen LogP contribution in [-0.2, 0) is 18.8 Å². The molecule has 1 atom stereocenters. The number of hydrogen-bond donors (Lipinski definition) is 2. The van der Waals surface area contributed by atoms with Gasteiger partial charge in [0.15, 0.2) is 0 Å². The lowest BCUT2D eigenvalue weighted by molar-refractivity contribution is -0.167. The molecule has 1 unspecified atom stereocenters. The molecule has 0 fully saturated rings. The summed E-state index contributed by atoms with van der Waals surface area (Å²) in [5.74, 6) is 0. The van der Waals surface area contributed by atoms with E-state index in [0.29, 0.717) is 0 Å². The zero-order valence-corrected chi connectivity index (χ0v) is 9.94. The molecule has 0 aliphatic carbocycles. The minimum Gasteiger partial charge on any atom is -0.437 e. The summed E-state index contributed by atoms with van der Waals surface area (Å²) < 4.78 is 20.8. The van der Waals surface area contributed by atoms with Crippen LogP contribution in [0.1, 0.15) is 26.7 Å². The van der Waals surface area contributed by atoms with Crippen LogP contribution in [0.2, 0.25) is 0 Å². The average molecular weight is 240 g/mol. The third-order valence-electron chi connectivity index (χ3n) is 2.64. The lowest BCUT2D eigenvalue weighted by Crippen LogP contribution is -2.43. The zero-order chi connectivity index (χ0) is 12.1. The fourth-order valence-electron chi connectivity index (χ4n) is 1.58. The van der Waals surface area contributed by atoms with Crippen molar-refractivity contribution in [3.8, 4) is 0 Å². The summed E-state index contributed by atoms with van der Waals surface area (Å²) in [5, 5.41) is -1.47. The summed E-state index contributed by atoms with van der Waals surface area (Å²) in [4.78, 5) is 28.8. The summed E-state index contributed by atoms with van der Waals surface area (Å²) in [6, 6.07) is 0. The number of carbonyl (C=O) groups excluding carboxylic acids is 1. The van der Waals surface area contributed by atoms with Gasteiger partial charge in [-0.2, -0.15) is 0 Å². The van der Waals surface area contributed by atoms with E-state index in [4.69, 9.17) is 4.74 Å². The fraction of sp³-hybridized carbons (Fsp3) is 0.875. The van der Waals surface area contributed by atoms with Gasteiger partial charge in [0.05, 0.1) is 0 Å². The second kappa shape index (κ2) is 5.61. The van der Waals surface area contributed by atoms with Crippen molar-refractivity contribution in [2.24, 2.45) is 0 Å². The van der Waals surface area contributed by atoms with E-state index < -0.39 is 19.0 Å². The van der Waals surface area contributed by atoms with Gasteiger partial charge in [0.25, 0.3) is 6.47 Å². The van der Waals surface area contributed by atoms with Crippen LogP contribution in [-0.4, -0.2) is 34.8 Å². The van der Waals surface area contributed by atoms with Crippen LogP contribution >= 0.6 is 7.60 Å². The molecule has 0 radical (unpaired) electrons. The minimum atomic E-state index is -4.42. The van der Waals surface area contributed by atoms with E-state index in [2.05, 4.69) is 4.74 Å². The molecular weight excluding hydrogens is 223 g/mol. The lowest BCUT2D eigenvalue weighted by atomic mass is 10.0. The van der Waals surface area contributed by atoms with Crippen molar-refractivity contribution in [2.75, 3.05) is 7.11 Å². The summed E-state index contributed by atoms with van der Waals surface area (Å²) in [5.41, 5.74) is 0. The van der Waals surface area contributed by atoms with Gasteiger partial charge in [-0.1, -0.05) is 13.8 Å². The van der Waals surface area contributed by atoms with Gasteiger partial charge in [0.2, 0.25) is 6.29 Å². The Bertz CT molecular complexity index is 244. The molecule has 0 rings (SSSR count). The molecule has 0 saturated carbocycles. The van der Waals surface area contributed by atoms with Crippen molar-refractivity contribution in [1.82, 2.24) is 0 Å². The first-order chi connectivity index (χ1) is 6.89. The standard InChI is InChI=1S/C8H17O6P/c1-4-8(5-2,15(10,11)12)7(13-3)14-6-9/h6-7H,4-5H2,1-3H3,(H2,10,11,12). The van der Waals surface area contributed by atoms with E-state index in [1.807, 2.05) is 0 Å². The molecule has 6 nitrogen and oxygen atoms in total. The maximum atomic E-state index is 11.4. The van der Waals surface area contributed by atoms with Crippen LogP contribution in [0.25, 0.3) is 0 Å². The third-order valence-corrected chi connectivity index (χ3v) is 4.64. The first kappa shape index (κ1) is 14.6. The van der Waals surface area contributed by atoms with Gasteiger partial charge in [0.1, 0.15) is 5.16 Å². The lowest BCUT2D eigenvalue weighted by Gasteiger charge is -2.36. The molecule has 0 aliphatic heterocycles. The molecule has 0 bridgehead atoms. The van der Waals surface area contributed by atoms with Crippen molar-refractivity contribution in [3.63, 3.8) is 0 Å². The van der Waals surface area contributed by atoms with Gasteiger partial charge >= 0.3 is 7.60 Å². The quantitative estimate of drug-likeness (QED) is 0.389. The Morgan fingerprint density at radius 2 is 1.87 bits per heavy atom. The van der Waals surface area contributed by atoms with Crippen LogP contribution < -0.4 is 0 Å². The molecule has 0 aromatic carbocycles. The molecular formula is C8H17O6P. The summed E-state index contributed by atoms with van der Waals surface area (Å²) in [7, 11) is -3.18. The van der Waals surface area contributed by atoms with Crippen molar-refractivity contribution in [2.45, 2.75) is 38.1 Å². The van der Waals surface area contributed by atoms with Crippen LogP contribution in [0.15, 0.2) is 0 Å². The minimum absolute atomic E-state index is 0.129. The molecule has 0 aromatic rings. The van der Waals surface area contributed by atoms with E-state index in [-0.39, 0.29) is 19.3 Å². The molecule has 0 aromatic heterocycles. The number of ether oxygens (including phenoxy) is 2. The maximum absolute atomic E-state index is 11.4. The smallest absolute Gasteiger partial charge is 0.337 e. The van der Waals surface area contributed by atoms with Crippen molar-refractivity contribution < 1.29 is 28.6 Å². The summed E-state index contributed by atoms with van der Waals surface area (Å²) in [6.45, 7) is 3.36. The highest BCUT2D eigenvalue weighted by molar-refractivity contribution is 7.53. The van der Waals surface area contributed by atoms with Gasteiger partial charge in [-0.3, -0.25) is 9.36 Å². The van der Waals surface area contributed by atoms with Crippen molar-refractivity contribution >= 4 is 14.1 Å². The largest absolute Gasteiger partial charge is 0.437 e. The SMILES string of the molecule is CCC(CC)(C(OC)OC=O)P(=O)(O)O.